The Morgan fingerprint density at radius 3 is 1.29 bits per heavy atom. The molecule has 3 rings (SSSR count). The van der Waals surface area contributed by atoms with Gasteiger partial charge in [-0.1, -0.05) is 179 Å². The summed E-state index contributed by atoms with van der Waals surface area (Å²) in [5.74, 6) is -0.282. The molecule has 12 N–H and O–H groups in total. The standard InChI is InChI=1S/C58H107NO18/c1-3-5-7-9-10-11-12-13-14-15-16-17-18-19-20-21-22-23-24-25-26-27-28-29-30-32-34-36-46(64)59-41(42(63)35-33-31-8-6-4-2)40-72-56-52(70)49(67)54(44(38-61)74-56)77-58-53(71)50(68)55(45(39-62)75-58)76-57-51(69)48(66)47(65)43(37-60)73-57/h15-16,33,35,41-45,47-58,60-63,65-71H,3-14,17-32,34,36-40H2,1-2H3,(H,59,64)/b16-15-,35-33+. The van der Waals surface area contributed by atoms with E-state index in [9.17, 15) is 61.0 Å². The molecular formula is C58H107NO18. The first-order chi connectivity index (χ1) is 37.3. The third-order valence-corrected chi connectivity index (χ3v) is 15.2. The van der Waals surface area contributed by atoms with Crippen LogP contribution in [0.1, 0.15) is 206 Å². The summed E-state index contributed by atoms with van der Waals surface area (Å²) in [6.45, 7) is 1.59. The van der Waals surface area contributed by atoms with E-state index in [4.69, 9.17) is 28.4 Å². The normalized spacial score (nSPS) is 30.8. The molecule has 17 atom stereocenters. The third kappa shape index (κ3) is 26.4. The Morgan fingerprint density at radius 1 is 0.455 bits per heavy atom. The first-order valence-corrected chi connectivity index (χ1v) is 30.1. The number of carbonyl (C=O) groups is 1. The van der Waals surface area contributed by atoms with E-state index in [2.05, 4.69) is 31.3 Å². The Balaban J connectivity index is 1.34. The number of ether oxygens (including phenoxy) is 6. The van der Waals surface area contributed by atoms with Gasteiger partial charge in [0, 0.05) is 6.42 Å². The summed E-state index contributed by atoms with van der Waals surface area (Å²) in [7, 11) is 0. The van der Waals surface area contributed by atoms with Crippen molar-refractivity contribution in [1.82, 2.24) is 5.32 Å². The van der Waals surface area contributed by atoms with Crippen LogP contribution in [0.3, 0.4) is 0 Å². The van der Waals surface area contributed by atoms with Crippen molar-refractivity contribution in [2.45, 2.75) is 311 Å². The number of hydrogen-bond donors (Lipinski definition) is 12. The predicted molar refractivity (Wildman–Crippen MR) is 291 cm³/mol. The highest BCUT2D eigenvalue weighted by Crippen LogP contribution is 2.33. The highest BCUT2D eigenvalue weighted by Gasteiger charge is 2.53. The van der Waals surface area contributed by atoms with Crippen molar-refractivity contribution in [3.63, 3.8) is 0 Å². The van der Waals surface area contributed by atoms with Crippen LogP contribution in [0.2, 0.25) is 0 Å². The van der Waals surface area contributed by atoms with Crippen LogP contribution < -0.4 is 5.32 Å². The highest BCUT2D eigenvalue weighted by atomic mass is 16.8. The minimum Gasteiger partial charge on any atom is -0.394 e. The number of nitrogens with one attached hydrogen (secondary N) is 1. The summed E-state index contributed by atoms with van der Waals surface area (Å²) >= 11 is 0. The molecule has 3 fully saturated rings. The van der Waals surface area contributed by atoms with E-state index in [1.165, 1.54) is 135 Å². The largest absolute Gasteiger partial charge is 0.394 e. The molecule has 3 saturated heterocycles. The lowest BCUT2D eigenvalue weighted by molar-refractivity contribution is -0.379. The summed E-state index contributed by atoms with van der Waals surface area (Å²) < 4.78 is 34.0. The number of carbonyl (C=O) groups excluding carboxylic acids is 1. The second-order valence-corrected chi connectivity index (χ2v) is 21.8. The molecule has 0 spiro atoms. The van der Waals surface area contributed by atoms with Gasteiger partial charge in [0.05, 0.1) is 38.6 Å². The van der Waals surface area contributed by atoms with E-state index in [1.54, 1.807) is 6.08 Å². The fourth-order valence-electron chi connectivity index (χ4n) is 10.2. The van der Waals surface area contributed by atoms with Gasteiger partial charge in [0.25, 0.3) is 0 Å². The van der Waals surface area contributed by atoms with Crippen molar-refractivity contribution >= 4 is 5.91 Å². The first kappa shape index (κ1) is 69.5. The van der Waals surface area contributed by atoms with Gasteiger partial charge in [-0.25, -0.2) is 0 Å². The summed E-state index contributed by atoms with van der Waals surface area (Å²) in [6.07, 6.45) is 16.9. The number of aliphatic hydroxyl groups is 11. The lowest BCUT2D eigenvalue weighted by Gasteiger charge is -2.48. The number of hydrogen-bond acceptors (Lipinski definition) is 18. The smallest absolute Gasteiger partial charge is 0.220 e. The Labute approximate surface area is 460 Å². The first-order valence-electron chi connectivity index (χ1n) is 30.1. The number of amides is 1. The molecule has 0 aromatic carbocycles. The third-order valence-electron chi connectivity index (χ3n) is 15.2. The van der Waals surface area contributed by atoms with Crippen molar-refractivity contribution in [3.05, 3.63) is 24.3 Å². The van der Waals surface area contributed by atoms with Crippen LogP contribution in [0.25, 0.3) is 0 Å². The van der Waals surface area contributed by atoms with Gasteiger partial charge in [-0.15, -0.1) is 0 Å². The van der Waals surface area contributed by atoms with E-state index in [-0.39, 0.29) is 18.9 Å². The Hall–Kier alpha value is -1.73. The quantitative estimate of drug-likeness (QED) is 0.0277. The highest BCUT2D eigenvalue weighted by molar-refractivity contribution is 5.76. The molecule has 3 aliphatic rings. The molecule has 19 heteroatoms. The molecule has 19 nitrogen and oxygen atoms in total. The fourth-order valence-corrected chi connectivity index (χ4v) is 10.2. The van der Waals surface area contributed by atoms with Gasteiger partial charge in [-0.05, 0) is 44.9 Å². The van der Waals surface area contributed by atoms with E-state index < -0.39 is 124 Å². The Bertz CT molecular complexity index is 1510. The zero-order valence-electron chi connectivity index (χ0n) is 46.9. The van der Waals surface area contributed by atoms with Crippen LogP contribution in [0.15, 0.2) is 24.3 Å². The van der Waals surface area contributed by atoms with Gasteiger partial charge in [0.1, 0.15) is 73.2 Å². The summed E-state index contributed by atoms with van der Waals surface area (Å²) in [6, 6.07) is -0.966. The molecule has 1 amide bonds. The predicted octanol–water partition coefficient (Wildman–Crippen LogP) is 5.15. The van der Waals surface area contributed by atoms with Crippen molar-refractivity contribution < 1.29 is 89.4 Å². The maximum absolute atomic E-state index is 13.2. The summed E-state index contributed by atoms with van der Waals surface area (Å²) in [5, 5.41) is 119. The summed E-state index contributed by atoms with van der Waals surface area (Å²) in [5.41, 5.74) is 0. The molecule has 0 aromatic rings. The van der Waals surface area contributed by atoms with Crippen molar-refractivity contribution in [1.29, 1.82) is 0 Å². The number of allylic oxidation sites excluding steroid dienone is 3. The van der Waals surface area contributed by atoms with Gasteiger partial charge in [-0.3, -0.25) is 4.79 Å². The van der Waals surface area contributed by atoms with E-state index in [0.717, 1.165) is 44.9 Å². The molecule has 0 aliphatic carbocycles. The molecule has 0 bridgehead atoms. The van der Waals surface area contributed by atoms with Gasteiger partial charge < -0.3 is 89.9 Å². The van der Waals surface area contributed by atoms with E-state index >= 15 is 0 Å². The van der Waals surface area contributed by atoms with Crippen molar-refractivity contribution in [3.8, 4) is 0 Å². The molecular weight excluding hydrogens is 999 g/mol. The van der Waals surface area contributed by atoms with E-state index in [0.29, 0.717) is 6.42 Å². The molecule has 77 heavy (non-hydrogen) atoms. The molecule has 3 heterocycles. The Morgan fingerprint density at radius 2 is 0.818 bits per heavy atom. The minimum absolute atomic E-state index is 0.244. The molecule has 0 radical (unpaired) electrons. The molecule has 0 aromatic heterocycles. The minimum atomic E-state index is -1.97. The van der Waals surface area contributed by atoms with Crippen LogP contribution in [0.4, 0.5) is 0 Å². The van der Waals surface area contributed by atoms with Gasteiger partial charge in [0.15, 0.2) is 18.9 Å². The monoisotopic (exact) mass is 1110 g/mol. The molecule has 3 aliphatic heterocycles. The Kier molecular flexibility index (Phi) is 38.1. The summed E-state index contributed by atoms with van der Waals surface area (Å²) in [4.78, 5) is 13.2. The number of rotatable bonds is 44. The topological polar surface area (TPSA) is 307 Å². The van der Waals surface area contributed by atoms with Crippen molar-refractivity contribution in [2.24, 2.45) is 0 Å². The molecule has 0 saturated carbocycles. The molecule has 17 unspecified atom stereocenters. The maximum Gasteiger partial charge on any atom is 0.220 e. The SMILES string of the molecule is CCCCC/C=C/C(O)C(COC1OC(CO)C(OC2OC(CO)C(OC3OC(CO)C(O)C(O)C3O)C(O)C2O)C(O)C1O)NC(=O)CCCCCCCCCCCCCCCCC/C=C\CCCCCCCCCC. The van der Waals surface area contributed by atoms with Gasteiger partial charge >= 0.3 is 0 Å². The van der Waals surface area contributed by atoms with Crippen LogP contribution in [0.5, 0.6) is 0 Å². The number of aliphatic hydroxyl groups excluding tert-OH is 11. The maximum atomic E-state index is 13.2. The van der Waals surface area contributed by atoms with Gasteiger partial charge in [-0.2, -0.15) is 0 Å². The average Bonchev–Trinajstić information content (AvgIpc) is 3.42. The lowest BCUT2D eigenvalue weighted by Crippen LogP contribution is -2.66. The fraction of sp³-hybridized carbons (Fsp3) is 0.914. The zero-order chi connectivity index (χ0) is 56.2. The lowest BCUT2D eigenvalue weighted by atomic mass is 9.96. The van der Waals surface area contributed by atoms with E-state index in [1.807, 2.05) is 6.08 Å². The van der Waals surface area contributed by atoms with Crippen LogP contribution in [0, 0.1) is 0 Å². The second kappa shape index (κ2) is 42.1. The van der Waals surface area contributed by atoms with Crippen LogP contribution in [-0.2, 0) is 33.2 Å². The van der Waals surface area contributed by atoms with Crippen LogP contribution in [-0.4, -0.2) is 193 Å². The van der Waals surface area contributed by atoms with Crippen LogP contribution >= 0.6 is 0 Å². The average molecular weight is 1110 g/mol. The van der Waals surface area contributed by atoms with Gasteiger partial charge in [0.2, 0.25) is 5.91 Å². The number of unbranched alkanes of at least 4 members (excludes halogenated alkanes) is 26. The van der Waals surface area contributed by atoms with Crippen molar-refractivity contribution in [2.75, 3.05) is 26.4 Å². The zero-order valence-corrected chi connectivity index (χ0v) is 46.9. The second-order valence-electron chi connectivity index (χ2n) is 21.8. The molecule has 452 valence electrons.